The number of ether oxygens (including phenoxy) is 1. The maximum Gasteiger partial charge on any atom is 0.320 e. The van der Waals surface area contributed by atoms with Gasteiger partial charge in [0.15, 0.2) is 0 Å². The van der Waals surface area contributed by atoms with E-state index in [1.54, 1.807) is 0 Å². The van der Waals surface area contributed by atoms with E-state index in [2.05, 4.69) is 18.7 Å². The molecule has 0 aliphatic rings. The summed E-state index contributed by atoms with van der Waals surface area (Å²) in [5, 5.41) is 0. The van der Waals surface area contributed by atoms with Crippen molar-refractivity contribution in [3.63, 3.8) is 0 Å². The number of nitrogens with zero attached hydrogens (tertiary/aromatic N) is 1. The number of likely N-dealkylation sites (N-methyl/N-ethyl adjacent to an activating group) is 1. The predicted octanol–water partition coefficient (Wildman–Crippen LogP) is 2.06. The molecule has 0 aromatic heterocycles. The molecule has 0 aliphatic heterocycles. The minimum absolute atomic E-state index is 0.106. The summed E-state index contributed by atoms with van der Waals surface area (Å²) in [5.41, 5.74) is 0. The van der Waals surface area contributed by atoms with Crippen molar-refractivity contribution in [3.05, 3.63) is 0 Å². The molecule has 84 valence electrons. The maximum absolute atomic E-state index is 11.2. The van der Waals surface area contributed by atoms with Gasteiger partial charge in [-0.15, -0.1) is 0 Å². The van der Waals surface area contributed by atoms with Crippen LogP contribution in [0.3, 0.4) is 0 Å². The van der Waals surface area contributed by atoms with Gasteiger partial charge in [-0.25, -0.2) is 0 Å². The van der Waals surface area contributed by atoms with E-state index < -0.39 is 0 Å². The van der Waals surface area contributed by atoms with Gasteiger partial charge in [0.2, 0.25) is 0 Å². The van der Waals surface area contributed by atoms with Crippen LogP contribution in [0.15, 0.2) is 0 Å². The van der Waals surface area contributed by atoms with Crippen LogP contribution in [0.25, 0.3) is 0 Å². The maximum atomic E-state index is 11.2. The Balaban J connectivity index is 3.61. The highest BCUT2D eigenvalue weighted by Crippen LogP contribution is 1.98. The topological polar surface area (TPSA) is 29.5 Å². The van der Waals surface area contributed by atoms with Gasteiger partial charge in [0, 0.05) is 0 Å². The SMILES string of the molecule is CCCCCN(CC)CC(=O)OCC. The molecule has 0 saturated carbocycles. The fourth-order valence-electron chi connectivity index (χ4n) is 1.32. The molecule has 0 N–H and O–H groups in total. The molecular formula is C11H23NO2. The molecule has 0 rings (SSSR count). The van der Waals surface area contributed by atoms with Crippen molar-refractivity contribution < 1.29 is 9.53 Å². The monoisotopic (exact) mass is 201 g/mol. The summed E-state index contributed by atoms with van der Waals surface area (Å²) in [6.07, 6.45) is 3.63. The molecule has 0 atom stereocenters. The molecule has 0 aliphatic carbocycles. The predicted molar refractivity (Wildman–Crippen MR) is 58.3 cm³/mol. The number of carbonyl (C=O) groups excluding carboxylic acids is 1. The van der Waals surface area contributed by atoms with Crippen LogP contribution in [0.5, 0.6) is 0 Å². The lowest BCUT2D eigenvalue weighted by atomic mass is 10.2. The van der Waals surface area contributed by atoms with Gasteiger partial charge in [-0.3, -0.25) is 9.69 Å². The summed E-state index contributed by atoms with van der Waals surface area (Å²) >= 11 is 0. The summed E-state index contributed by atoms with van der Waals surface area (Å²) in [5.74, 6) is -0.106. The second kappa shape index (κ2) is 9.00. The summed E-state index contributed by atoms with van der Waals surface area (Å²) in [6.45, 7) is 8.93. The van der Waals surface area contributed by atoms with Crippen LogP contribution < -0.4 is 0 Å². The smallest absolute Gasteiger partial charge is 0.320 e. The number of carbonyl (C=O) groups is 1. The standard InChI is InChI=1S/C11H23NO2/c1-4-7-8-9-12(5-2)10-11(13)14-6-3/h4-10H2,1-3H3. The highest BCUT2D eigenvalue weighted by Gasteiger charge is 2.08. The molecule has 0 saturated heterocycles. The van der Waals surface area contributed by atoms with Gasteiger partial charge >= 0.3 is 5.97 Å². The van der Waals surface area contributed by atoms with Gasteiger partial charge in [-0.05, 0) is 26.4 Å². The summed E-state index contributed by atoms with van der Waals surface area (Å²) in [7, 11) is 0. The van der Waals surface area contributed by atoms with E-state index in [1.807, 2.05) is 6.92 Å². The van der Waals surface area contributed by atoms with Crippen molar-refractivity contribution in [1.29, 1.82) is 0 Å². The zero-order valence-corrected chi connectivity index (χ0v) is 9.71. The molecule has 0 aromatic carbocycles. The third-order valence-electron chi connectivity index (χ3n) is 2.18. The van der Waals surface area contributed by atoms with E-state index in [1.165, 1.54) is 19.3 Å². The molecule has 3 nitrogen and oxygen atoms in total. The zero-order chi connectivity index (χ0) is 10.8. The average molecular weight is 201 g/mol. The lowest BCUT2D eigenvalue weighted by molar-refractivity contribution is -0.144. The first-order valence-electron chi connectivity index (χ1n) is 5.62. The summed E-state index contributed by atoms with van der Waals surface area (Å²) < 4.78 is 4.90. The highest BCUT2D eigenvalue weighted by molar-refractivity contribution is 5.71. The van der Waals surface area contributed by atoms with Gasteiger partial charge in [-0.2, -0.15) is 0 Å². The third kappa shape index (κ3) is 6.89. The van der Waals surface area contributed by atoms with Crippen LogP contribution >= 0.6 is 0 Å². The summed E-state index contributed by atoms with van der Waals surface area (Å²) in [6, 6.07) is 0. The first-order valence-corrected chi connectivity index (χ1v) is 5.62. The van der Waals surface area contributed by atoms with Gasteiger partial charge in [0.25, 0.3) is 0 Å². The van der Waals surface area contributed by atoms with E-state index in [0.29, 0.717) is 13.2 Å². The molecule has 0 unspecified atom stereocenters. The fourth-order valence-corrected chi connectivity index (χ4v) is 1.32. The number of rotatable bonds is 8. The van der Waals surface area contributed by atoms with Crippen LogP contribution in [0.2, 0.25) is 0 Å². The average Bonchev–Trinajstić information content (AvgIpc) is 2.17. The first-order chi connectivity index (χ1) is 6.74. The molecule has 0 bridgehead atoms. The van der Waals surface area contributed by atoms with Crippen LogP contribution in [-0.2, 0) is 9.53 Å². The molecule has 0 heterocycles. The lowest BCUT2D eigenvalue weighted by Gasteiger charge is -2.18. The van der Waals surface area contributed by atoms with Crippen LogP contribution in [-0.4, -0.2) is 37.1 Å². The largest absolute Gasteiger partial charge is 0.465 e. The molecule has 0 spiro atoms. The molecule has 14 heavy (non-hydrogen) atoms. The second-order valence-corrected chi connectivity index (χ2v) is 3.38. The molecule has 0 aromatic rings. The number of unbranched alkanes of at least 4 members (excludes halogenated alkanes) is 2. The lowest BCUT2D eigenvalue weighted by Crippen LogP contribution is -2.31. The van der Waals surface area contributed by atoms with Gasteiger partial charge < -0.3 is 4.74 Å². The van der Waals surface area contributed by atoms with Crippen molar-refractivity contribution >= 4 is 5.97 Å². The minimum Gasteiger partial charge on any atom is -0.465 e. The second-order valence-electron chi connectivity index (χ2n) is 3.38. The van der Waals surface area contributed by atoms with E-state index in [4.69, 9.17) is 4.74 Å². The van der Waals surface area contributed by atoms with Crippen molar-refractivity contribution in [3.8, 4) is 0 Å². The van der Waals surface area contributed by atoms with E-state index in [-0.39, 0.29) is 5.97 Å². The van der Waals surface area contributed by atoms with Crippen LogP contribution in [0.4, 0.5) is 0 Å². The van der Waals surface area contributed by atoms with Crippen molar-refractivity contribution in [2.24, 2.45) is 0 Å². The number of hydrogen-bond acceptors (Lipinski definition) is 3. The van der Waals surface area contributed by atoms with E-state index in [0.717, 1.165) is 13.1 Å². The first kappa shape index (κ1) is 13.4. The Morgan fingerprint density at radius 2 is 1.93 bits per heavy atom. The third-order valence-corrected chi connectivity index (χ3v) is 2.18. The van der Waals surface area contributed by atoms with Crippen molar-refractivity contribution in [2.75, 3.05) is 26.2 Å². The molecular weight excluding hydrogens is 178 g/mol. The van der Waals surface area contributed by atoms with E-state index >= 15 is 0 Å². The highest BCUT2D eigenvalue weighted by atomic mass is 16.5. The van der Waals surface area contributed by atoms with Crippen molar-refractivity contribution in [1.82, 2.24) is 4.90 Å². The summed E-state index contributed by atoms with van der Waals surface area (Å²) in [4.78, 5) is 13.3. The quantitative estimate of drug-likeness (QED) is 0.445. The Morgan fingerprint density at radius 3 is 2.43 bits per heavy atom. The normalized spacial score (nSPS) is 10.6. The fraction of sp³-hybridized carbons (Fsp3) is 0.909. The van der Waals surface area contributed by atoms with E-state index in [9.17, 15) is 4.79 Å². The molecule has 0 amide bonds. The molecule has 3 heteroatoms. The minimum atomic E-state index is -0.106. The Bertz CT molecular complexity index is 148. The molecule has 0 fully saturated rings. The van der Waals surface area contributed by atoms with Gasteiger partial charge in [0.1, 0.15) is 0 Å². The Morgan fingerprint density at radius 1 is 1.21 bits per heavy atom. The molecule has 0 radical (unpaired) electrons. The van der Waals surface area contributed by atoms with Crippen LogP contribution in [0.1, 0.15) is 40.0 Å². The van der Waals surface area contributed by atoms with Gasteiger partial charge in [-0.1, -0.05) is 26.7 Å². The van der Waals surface area contributed by atoms with Crippen molar-refractivity contribution in [2.45, 2.75) is 40.0 Å². The Hall–Kier alpha value is -0.570. The number of esters is 1. The van der Waals surface area contributed by atoms with Crippen LogP contribution in [0, 0.1) is 0 Å². The number of hydrogen-bond donors (Lipinski definition) is 0. The Labute approximate surface area is 87.4 Å². The zero-order valence-electron chi connectivity index (χ0n) is 9.71. The Kier molecular flexibility index (Phi) is 8.64. The van der Waals surface area contributed by atoms with Gasteiger partial charge in [0.05, 0.1) is 13.2 Å².